The summed E-state index contributed by atoms with van der Waals surface area (Å²) in [5, 5.41) is 0. The summed E-state index contributed by atoms with van der Waals surface area (Å²) in [7, 11) is 0. The second kappa shape index (κ2) is 2.66. The van der Waals surface area contributed by atoms with Crippen molar-refractivity contribution in [3.8, 4) is 0 Å². The van der Waals surface area contributed by atoms with Crippen LogP contribution in [0.4, 0.5) is 0 Å². The van der Waals surface area contributed by atoms with Crippen LogP contribution in [0.5, 0.6) is 0 Å². The summed E-state index contributed by atoms with van der Waals surface area (Å²) in [4.78, 5) is 0. The normalized spacial score (nSPS) is 47.0. The molecule has 0 aromatic carbocycles. The van der Waals surface area contributed by atoms with E-state index in [9.17, 15) is 0 Å². The summed E-state index contributed by atoms with van der Waals surface area (Å²) in [6.45, 7) is 6.22. The first-order valence-corrected chi connectivity index (χ1v) is 4.94. The van der Waals surface area contributed by atoms with E-state index < -0.39 is 0 Å². The van der Waals surface area contributed by atoms with Crippen molar-refractivity contribution in [2.75, 3.05) is 0 Å². The molecule has 0 aromatic heterocycles. The number of hydrogen-bond acceptors (Lipinski definition) is 0. The van der Waals surface area contributed by atoms with E-state index in [0.717, 1.165) is 23.7 Å². The molecule has 2 aliphatic rings. The first-order valence-electron chi connectivity index (χ1n) is 4.94. The van der Waals surface area contributed by atoms with Gasteiger partial charge in [0.05, 0.1) is 0 Å². The van der Waals surface area contributed by atoms with Crippen molar-refractivity contribution in [1.29, 1.82) is 0 Å². The molecule has 0 nitrogen and oxygen atoms in total. The maximum Gasteiger partial charge on any atom is -0.0351 e. The molecule has 62 valence electrons. The largest absolute Gasteiger partial charge is 0.103 e. The molecule has 2 aliphatic carbocycles. The van der Waals surface area contributed by atoms with Gasteiger partial charge >= 0.3 is 0 Å². The lowest BCUT2D eigenvalue weighted by Gasteiger charge is -2.17. The van der Waals surface area contributed by atoms with Crippen molar-refractivity contribution in [2.45, 2.75) is 32.6 Å². The Kier molecular flexibility index (Phi) is 1.78. The van der Waals surface area contributed by atoms with E-state index in [1.165, 1.54) is 19.3 Å². The van der Waals surface area contributed by atoms with Gasteiger partial charge in [-0.05, 0) is 49.4 Å². The zero-order valence-electron chi connectivity index (χ0n) is 7.42. The van der Waals surface area contributed by atoms with Crippen LogP contribution in [0, 0.1) is 23.7 Å². The molecule has 0 spiro atoms. The highest BCUT2D eigenvalue weighted by atomic mass is 14.6. The van der Waals surface area contributed by atoms with E-state index in [0.29, 0.717) is 0 Å². The van der Waals surface area contributed by atoms with E-state index in [1.54, 1.807) is 6.42 Å². The molecule has 4 unspecified atom stereocenters. The van der Waals surface area contributed by atoms with Gasteiger partial charge in [0.15, 0.2) is 0 Å². The number of allylic oxidation sites excluding steroid dienone is 1. The smallest absolute Gasteiger partial charge is 0.0351 e. The Morgan fingerprint density at radius 1 is 1.45 bits per heavy atom. The zero-order chi connectivity index (χ0) is 7.84. The average molecular weight is 150 g/mol. The molecule has 0 bridgehead atoms. The molecule has 0 heterocycles. The molecule has 4 atom stereocenters. The van der Waals surface area contributed by atoms with Gasteiger partial charge in [0.1, 0.15) is 0 Å². The Morgan fingerprint density at radius 3 is 2.82 bits per heavy atom. The van der Waals surface area contributed by atoms with Crippen molar-refractivity contribution in [1.82, 2.24) is 0 Å². The van der Waals surface area contributed by atoms with Crippen molar-refractivity contribution < 1.29 is 0 Å². The molecular formula is C11H18. The second-order valence-electron chi connectivity index (χ2n) is 4.40. The maximum atomic E-state index is 3.79. The molecule has 0 aromatic rings. The molecule has 2 rings (SSSR count). The van der Waals surface area contributed by atoms with Crippen molar-refractivity contribution in [2.24, 2.45) is 23.7 Å². The molecule has 0 amide bonds. The lowest BCUT2D eigenvalue weighted by atomic mass is 9.89. The third-order valence-electron chi connectivity index (χ3n) is 3.64. The number of fused-ring (bicyclic) bond motifs is 1. The summed E-state index contributed by atoms with van der Waals surface area (Å²) in [6, 6.07) is 0. The van der Waals surface area contributed by atoms with Gasteiger partial charge in [-0.1, -0.05) is 13.0 Å². The molecule has 11 heavy (non-hydrogen) atoms. The Bertz CT molecular complexity index is 157. The van der Waals surface area contributed by atoms with Crippen LogP contribution in [0.1, 0.15) is 32.6 Å². The van der Waals surface area contributed by atoms with Crippen LogP contribution >= 0.6 is 0 Å². The summed E-state index contributed by atoms with van der Waals surface area (Å²) in [5.74, 6) is 4.33. The van der Waals surface area contributed by atoms with Gasteiger partial charge in [0.2, 0.25) is 0 Å². The van der Waals surface area contributed by atoms with E-state index in [1.807, 2.05) is 0 Å². The first-order chi connectivity index (χ1) is 5.33. The molecular weight excluding hydrogens is 132 g/mol. The quantitative estimate of drug-likeness (QED) is 0.542. The average Bonchev–Trinajstić information content (AvgIpc) is 2.64. The fraction of sp³-hybridized carbons (Fsp3) is 0.818. The van der Waals surface area contributed by atoms with Gasteiger partial charge in [0.25, 0.3) is 0 Å². The minimum absolute atomic E-state index is 1.01. The van der Waals surface area contributed by atoms with Crippen LogP contribution in [0.15, 0.2) is 12.7 Å². The SMILES string of the molecule is C=CCCC1C(C)CC2CC21. The van der Waals surface area contributed by atoms with Gasteiger partial charge in [-0.2, -0.15) is 0 Å². The Balaban J connectivity index is 1.86. The molecule has 2 fully saturated rings. The molecule has 0 aliphatic heterocycles. The van der Waals surface area contributed by atoms with Crippen LogP contribution in [0.2, 0.25) is 0 Å². The fourth-order valence-corrected chi connectivity index (χ4v) is 2.95. The number of hydrogen-bond donors (Lipinski definition) is 0. The van der Waals surface area contributed by atoms with Crippen LogP contribution < -0.4 is 0 Å². The van der Waals surface area contributed by atoms with Crippen LogP contribution in [0.3, 0.4) is 0 Å². The highest BCUT2D eigenvalue weighted by Gasteiger charge is 2.50. The van der Waals surface area contributed by atoms with Crippen LogP contribution in [0.25, 0.3) is 0 Å². The highest BCUT2D eigenvalue weighted by molar-refractivity contribution is 5.00. The van der Waals surface area contributed by atoms with Crippen LogP contribution in [-0.4, -0.2) is 0 Å². The Morgan fingerprint density at radius 2 is 2.27 bits per heavy atom. The maximum absolute atomic E-state index is 3.79. The van der Waals surface area contributed by atoms with E-state index in [2.05, 4.69) is 19.6 Å². The summed E-state index contributed by atoms with van der Waals surface area (Å²) < 4.78 is 0. The van der Waals surface area contributed by atoms with Gasteiger partial charge in [-0.25, -0.2) is 0 Å². The predicted octanol–water partition coefficient (Wildman–Crippen LogP) is 3.24. The minimum Gasteiger partial charge on any atom is -0.103 e. The topological polar surface area (TPSA) is 0 Å². The molecule has 0 N–H and O–H groups in total. The van der Waals surface area contributed by atoms with E-state index >= 15 is 0 Å². The van der Waals surface area contributed by atoms with Gasteiger partial charge < -0.3 is 0 Å². The Hall–Kier alpha value is -0.260. The minimum atomic E-state index is 1.01. The van der Waals surface area contributed by atoms with Crippen molar-refractivity contribution in [3.63, 3.8) is 0 Å². The Labute approximate surface area is 69.7 Å². The van der Waals surface area contributed by atoms with E-state index in [4.69, 9.17) is 0 Å². The monoisotopic (exact) mass is 150 g/mol. The molecule has 2 saturated carbocycles. The van der Waals surface area contributed by atoms with E-state index in [-0.39, 0.29) is 0 Å². The second-order valence-corrected chi connectivity index (χ2v) is 4.40. The lowest BCUT2D eigenvalue weighted by Crippen LogP contribution is -2.08. The third-order valence-corrected chi connectivity index (χ3v) is 3.64. The fourth-order valence-electron chi connectivity index (χ4n) is 2.95. The standard InChI is InChI=1S/C11H18/c1-3-4-5-10-8(2)6-9-7-11(9)10/h3,8-11H,1,4-7H2,2H3. The van der Waals surface area contributed by atoms with Gasteiger partial charge in [-0.3, -0.25) is 0 Å². The summed E-state index contributed by atoms with van der Waals surface area (Å²) in [6.07, 6.45) is 7.78. The highest BCUT2D eigenvalue weighted by Crippen LogP contribution is 2.59. The van der Waals surface area contributed by atoms with Crippen molar-refractivity contribution >= 4 is 0 Å². The first kappa shape index (κ1) is 7.39. The van der Waals surface area contributed by atoms with Crippen molar-refractivity contribution in [3.05, 3.63) is 12.7 Å². The van der Waals surface area contributed by atoms with Gasteiger partial charge in [-0.15, -0.1) is 6.58 Å². The molecule has 0 saturated heterocycles. The third kappa shape index (κ3) is 1.23. The van der Waals surface area contributed by atoms with Crippen LogP contribution in [-0.2, 0) is 0 Å². The summed E-state index contributed by atoms with van der Waals surface area (Å²) >= 11 is 0. The number of rotatable bonds is 3. The zero-order valence-corrected chi connectivity index (χ0v) is 7.42. The summed E-state index contributed by atoms with van der Waals surface area (Å²) in [5.41, 5.74) is 0. The van der Waals surface area contributed by atoms with Gasteiger partial charge in [0, 0.05) is 0 Å². The molecule has 0 radical (unpaired) electrons. The molecule has 0 heteroatoms. The predicted molar refractivity (Wildman–Crippen MR) is 48.3 cm³/mol. The lowest BCUT2D eigenvalue weighted by molar-refractivity contribution is 0.341.